The van der Waals surface area contributed by atoms with E-state index in [2.05, 4.69) is 9.97 Å². The number of aromatic amines is 1. The molecule has 0 fully saturated rings. The number of rotatable bonds is 2. The van der Waals surface area contributed by atoms with E-state index in [4.69, 9.17) is 27.9 Å². The Morgan fingerprint density at radius 3 is 2.88 bits per heavy atom. The van der Waals surface area contributed by atoms with Gasteiger partial charge in [-0.2, -0.15) is 0 Å². The second kappa shape index (κ2) is 4.31. The Morgan fingerprint density at radius 1 is 1.50 bits per heavy atom. The largest absolute Gasteiger partial charge is 0.495 e. The Balaban J connectivity index is 2.80. The molecular formula is C10H8Cl2N2O2. The van der Waals surface area contributed by atoms with Crippen LogP contribution in [-0.2, 0) is 5.88 Å². The van der Waals surface area contributed by atoms with E-state index >= 15 is 0 Å². The molecule has 0 atom stereocenters. The average molecular weight is 259 g/mol. The van der Waals surface area contributed by atoms with E-state index < -0.39 is 0 Å². The molecule has 0 saturated heterocycles. The van der Waals surface area contributed by atoms with Crippen LogP contribution in [0.25, 0.3) is 10.9 Å². The number of benzene rings is 1. The van der Waals surface area contributed by atoms with Crippen molar-refractivity contribution in [3.8, 4) is 5.75 Å². The van der Waals surface area contributed by atoms with Gasteiger partial charge in [0.15, 0.2) is 0 Å². The van der Waals surface area contributed by atoms with Gasteiger partial charge in [-0.1, -0.05) is 11.6 Å². The van der Waals surface area contributed by atoms with Gasteiger partial charge in [0.05, 0.1) is 28.9 Å². The van der Waals surface area contributed by atoms with Crippen LogP contribution < -0.4 is 10.3 Å². The van der Waals surface area contributed by atoms with Gasteiger partial charge in [0.1, 0.15) is 11.6 Å². The molecule has 0 aliphatic heterocycles. The van der Waals surface area contributed by atoms with E-state index in [0.29, 0.717) is 27.5 Å². The predicted octanol–water partition coefficient (Wildman–Crippen LogP) is 2.32. The van der Waals surface area contributed by atoms with Crippen molar-refractivity contribution in [3.63, 3.8) is 0 Å². The summed E-state index contributed by atoms with van der Waals surface area (Å²) in [6.07, 6.45) is 0. The molecule has 1 aromatic heterocycles. The molecule has 2 rings (SSSR count). The molecule has 0 spiro atoms. The van der Waals surface area contributed by atoms with Gasteiger partial charge in [-0.15, -0.1) is 11.6 Å². The van der Waals surface area contributed by atoms with Crippen molar-refractivity contribution >= 4 is 34.1 Å². The van der Waals surface area contributed by atoms with Gasteiger partial charge in [0, 0.05) is 0 Å². The number of alkyl halides is 1. The highest BCUT2D eigenvalue weighted by molar-refractivity contribution is 6.32. The van der Waals surface area contributed by atoms with Crippen molar-refractivity contribution < 1.29 is 4.74 Å². The highest BCUT2D eigenvalue weighted by Crippen LogP contribution is 2.27. The van der Waals surface area contributed by atoms with Crippen molar-refractivity contribution in [2.24, 2.45) is 0 Å². The fourth-order valence-electron chi connectivity index (χ4n) is 1.41. The maximum Gasteiger partial charge on any atom is 0.258 e. The minimum Gasteiger partial charge on any atom is -0.495 e. The number of aromatic nitrogens is 2. The molecule has 0 unspecified atom stereocenters. The standard InChI is InChI=1S/C10H8Cl2N2O2/c1-16-8-2-5-7(3-6(8)12)13-9(4-11)14-10(5)15/h2-3H,4H2,1H3,(H,13,14,15). The Hall–Kier alpha value is -1.26. The lowest BCUT2D eigenvalue weighted by molar-refractivity contribution is 0.415. The number of H-pyrrole nitrogens is 1. The average Bonchev–Trinajstić information content (AvgIpc) is 2.28. The monoisotopic (exact) mass is 258 g/mol. The second-order valence-electron chi connectivity index (χ2n) is 3.15. The summed E-state index contributed by atoms with van der Waals surface area (Å²) in [5, 5.41) is 0.837. The molecule has 0 aliphatic carbocycles. The van der Waals surface area contributed by atoms with Crippen molar-refractivity contribution in [1.29, 1.82) is 0 Å². The molecule has 0 amide bonds. The van der Waals surface area contributed by atoms with Crippen molar-refractivity contribution in [1.82, 2.24) is 9.97 Å². The third kappa shape index (κ3) is 1.86. The third-order valence-corrected chi connectivity index (χ3v) is 2.70. The van der Waals surface area contributed by atoms with Gasteiger partial charge in [-0.05, 0) is 12.1 Å². The van der Waals surface area contributed by atoms with Crippen LogP contribution in [0.2, 0.25) is 5.02 Å². The molecule has 0 aliphatic rings. The molecule has 1 N–H and O–H groups in total. The number of methoxy groups -OCH3 is 1. The van der Waals surface area contributed by atoms with Crippen LogP contribution in [0.3, 0.4) is 0 Å². The zero-order valence-corrected chi connectivity index (χ0v) is 9.89. The minimum atomic E-state index is -0.254. The van der Waals surface area contributed by atoms with Gasteiger partial charge in [0.2, 0.25) is 0 Å². The van der Waals surface area contributed by atoms with Gasteiger partial charge < -0.3 is 9.72 Å². The molecular weight excluding hydrogens is 251 g/mol. The van der Waals surface area contributed by atoms with Crippen LogP contribution in [0.4, 0.5) is 0 Å². The summed E-state index contributed by atoms with van der Waals surface area (Å²) in [5.41, 5.74) is 0.251. The van der Waals surface area contributed by atoms with Crippen LogP contribution in [0.1, 0.15) is 5.82 Å². The third-order valence-electron chi connectivity index (χ3n) is 2.15. The lowest BCUT2D eigenvalue weighted by Crippen LogP contribution is -2.11. The summed E-state index contributed by atoms with van der Waals surface area (Å²) in [5.74, 6) is 1.01. The summed E-state index contributed by atoms with van der Waals surface area (Å²) in [6.45, 7) is 0. The Kier molecular flexibility index (Phi) is 3.03. The predicted molar refractivity (Wildman–Crippen MR) is 63.5 cm³/mol. The molecule has 84 valence electrons. The first kappa shape index (κ1) is 11.2. The van der Waals surface area contributed by atoms with Crippen LogP contribution in [-0.4, -0.2) is 17.1 Å². The molecule has 2 aromatic rings. The molecule has 1 aromatic carbocycles. The first-order chi connectivity index (χ1) is 7.65. The Labute approximate surface area is 101 Å². The van der Waals surface area contributed by atoms with Crippen molar-refractivity contribution in [2.75, 3.05) is 7.11 Å². The molecule has 4 nitrogen and oxygen atoms in total. The SMILES string of the molecule is COc1cc2c(=O)[nH]c(CCl)nc2cc1Cl. The van der Waals surface area contributed by atoms with Gasteiger partial charge >= 0.3 is 0 Å². The molecule has 6 heteroatoms. The van der Waals surface area contributed by atoms with E-state index in [9.17, 15) is 4.79 Å². The first-order valence-corrected chi connectivity index (χ1v) is 5.39. The summed E-state index contributed by atoms with van der Waals surface area (Å²) < 4.78 is 5.03. The van der Waals surface area contributed by atoms with Crippen molar-refractivity contribution in [2.45, 2.75) is 5.88 Å². The smallest absolute Gasteiger partial charge is 0.258 e. The van der Waals surface area contributed by atoms with Crippen LogP contribution in [0.5, 0.6) is 5.75 Å². The van der Waals surface area contributed by atoms with Gasteiger partial charge in [-0.25, -0.2) is 4.98 Å². The summed E-state index contributed by atoms with van der Waals surface area (Å²) in [7, 11) is 1.49. The zero-order valence-electron chi connectivity index (χ0n) is 8.38. The number of nitrogens with one attached hydrogen (secondary N) is 1. The number of hydrogen-bond donors (Lipinski definition) is 1. The first-order valence-electron chi connectivity index (χ1n) is 4.48. The number of hydrogen-bond acceptors (Lipinski definition) is 3. The zero-order chi connectivity index (χ0) is 11.7. The topological polar surface area (TPSA) is 55.0 Å². The van der Waals surface area contributed by atoms with Crippen LogP contribution in [0, 0.1) is 0 Å². The number of ether oxygens (including phenoxy) is 1. The molecule has 0 saturated carbocycles. The summed E-state index contributed by atoms with van der Waals surface area (Å²) in [4.78, 5) is 18.4. The van der Waals surface area contributed by atoms with E-state index in [-0.39, 0.29) is 11.4 Å². The summed E-state index contributed by atoms with van der Waals surface area (Å²) in [6, 6.07) is 3.14. The lowest BCUT2D eigenvalue weighted by Gasteiger charge is -2.05. The molecule has 0 radical (unpaired) electrons. The number of halogens is 2. The maximum absolute atomic E-state index is 11.7. The maximum atomic E-state index is 11.7. The van der Waals surface area contributed by atoms with E-state index in [1.165, 1.54) is 7.11 Å². The highest BCUT2D eigenvalue weighted by Gasteiger charge is 2.08. The Bertz CT molecular complexity index is 595. The van der Waals surface area contributed by atoms with Crippen LogP contribution >= 0.6 is 23.2 Å². The summed E-state index contributed by atoms with van der Waals surface area (Å²) >= 11 is 11.5. The second-order valence-corrected chi connectivity index (χ2v) is 3.82. The highest BCUT2D eigenvalue weighted by atomic mass is 35.5. The normalized spacial score (nSPS) is 10.7. The van der Waals surface area contributed by atoms with Crippen LogP contribution in [0.15, 0.2) is 16.9 Å². The fraction of sp³-hybridized carbons (Fsp3) is 0.200. The number of fused-ring (bicyclic) bond motifs is 1. The van der Waals surface area contributed by atoms with E-state index in [0.717, 1.165) is 0 Å². The van der Waals surface area contributed by atoms with Crippen molar-refractivity contribution in [3.05, 3.63) is 33.3 Å². The van der Waals surface area contributed by atoms with Gasteiger partial charge in [0.25, 0.3) is 5.56 Å². The molecule has 1 heterocycles. The van der Waals surface area contributed by atoms with E-state index in [1.54, 1.807) is 12.1 Å². The minimum absolute atomic E-state index is 0.148. The molecule has 0 bridgehead atoms. The number of nitrogens with zero attached hydrogens (tertiary/aromatic N) is 1. The lowest BCUT2D eigenvalue weighted by atomic mass is 10.2. The van der Waals surface area contributed by atoms with Gasteiger partial charge in [-0.3, -0.25) is 4.79 Å². The Morgan fingerprint density at radius 2 is 2.25 bits per heavy atom. The quantitative estimate of drug-likeness (QED) is 0.842. The van der Waals surface area contributed by atoms with E-state index in [1.807, 2.05) is 0 Å². The fourth-order valence-corrected chi connectivity index (χ4v) is 1.77. The molecule has 16 heavy (non-hydrogen) atoms.